The van der Waals surface area contributed by atoms with Crippen molar-refractivity contribution >= 4 is 31.2 Å². The number of pyridine rings is 4. The maximum atomic E-state index is 9.87. The van der Waals surface area contributed by atoms with E-state index in [1.807, 2.05) is 48.6 Å². The maximum Gasteiger partial charge on any atom is 0.173 e. The number of nitrogens with zero attached hydrogens (tertiary/aromatic N) is 4. The molecule has 20 heterocycles. The number of aliphatic hydroxyl groups excluding tert-OH is 1. The third kappa shape index (κ3) is 47.1. The molecule has 0 atom stereocenters. The molecular formula is C64H66F24N4O5P4. The van der Waals surface area contributed by atoms with Gasteiger partial charge in [-0.1, -0.05) is 109 Å². The van der Waals surface area contributed by atoms with E-state index in [0.717, 1.165) is 50.5 Å². The van der Waals surface area contributed by atoms with Crippen LogP contribution in [0.3, 0.4) is 0 Å². The molecule has 16 aliphatic heterocycles. The van der Waals surface area contributed by atoms with E-state index in [1.54, 1.807) is 0 Å². The standard InChI is InChI=1S/C36H32N4.C28H34O5.4F6P/c1-2-30-4-3-29(1)25-37-17-9-33(10-18-37)35-13-21-39(22-14-35)27-31-5-7-32(8-6-31)28-40-23-15-36(16-24-40)34-11-19-38(26-30)20-12-34;29-17-5-6-24-9-13-27(14-10-24)32-22-20-30-18-19-31-21-23-33-28-15-11-26(12-16-28)25-7-3-1-2-4-8-25;4*1-7(2,3,4,5)6/h1-24H,25-28H2;1-4,7-16,25,29H,5-6,17-23H2;;;;/q+4;;4*-1. The molecule has 0 spiro atoms. The molecule has 0 unspecified atom stereocenters. The first-order valence-electron chi connectivity index (χ1n) is 29.5. The number of rotatable bonds is 15. The molecule has 8 aromatic rings. The zero-order valence-corrected chi connectivity index (χ0v) is 56.0. The molecule has 9 nitrogen and oxygen atoms in total. The van der Waals surface area contributed by atoms with Crippen molar-refractivity contribution in [2.45, 2.75) is 44.9 Å². The Labute approximate surface area is 562 Å². The van der Waals surface area contributed by atoms with Crippen LogP contribution in [0.25, 0.3) is 22.3 Å². The average molecular weight is 1550 g/mol. The summed E-state index contributed by atoms with van der Waals surface area (Å²) in [6, 6.07) is 51.7. The third-order valence-corrected chi connectivity index (χ3v) is 12.9. The number of benzene rings is 4. The van der Waals surface area contributed by atoms with Crippen molar-refractivity contribution in [2.24, 2.45) is 0 Å². The Bertz CT molecular complexity index is 3580. The van der Waals surface area contributed by atoms with Gasteiger partial charge in [0.25, 0.3) is 0 Å². The molecule has 4 aromatic carbocycles. The van der Waals surface area contributed by atoms with Crippen molar-refractivity contribution in [2.75, 3.05) is 46.2 Å². The second-order valence-electron chi connectivity index (χ2n) is 22.1. The van der Waals surface area contributed by atoms with E-state index in [-0.39, 0.29) is 6.61 Å². The zero-order valence-electron chi connectivity index (χ0n) is 52.4. The monoisotopic (exact) mass is 1550 g/mol. The molecule has 0 fully saturated rings. The summed E-state index contributed by atoms with van der Waals surface area (Å²) in [6.07, 6.45) is 31.6. The second-order valence-corrected chi connectivity index (χ2v) is 29.8. The van der Waals surface area contributed by atoms with Gasteiger partial charge in [0.15, 0.2) is 75.8 Å². The molecular weight excluding hydrogens is 1480 g/mol. The Kier molecular flexibility index (Phi) is 25.5. The average Bonchev–Trinajstić information content (AvgIpc) is 0.869. The number of aromatic nitrogens is 4. The number of aliphatic hydroxyl groups is 1. The summed E-state index contributed by atoms with van der Waals surface area (Å²) in [7, 11) is -42.6. The molecule has 17 aliphatic rings. The Hall–Kier alpha value is -7.78. The van der Waals surface area contributed by atoms with Crippen LogP contribution in [0.15, 0.2) is 232 Å². The Balaban J connectivity index is 0.000000267. The first-order chi connectivity index (χ1) is 45.9. The fourth-order valence-corrected chi connectivity index (χ4v) is 8.73. The number of halogens is 24. The van der Waals surface area contributed by atoms with Gasteiger partial charge >= 0.3 is 132 Å². The van der Waals surface area contributed by atoms with E-state index in [2.05, 4.69) is 201 Å². The number of hydrogen-bond donors (Lipinski definition) is 1. The first kappa shape index (κ1) is 83.9. The molecule has 1 N–H and O–H groups in total. The molecule has 0 amide bonds. The van der Waals surface area contributed by atoms with Gasteiger partial charge in [-0.05, 0) is 70.5 Å². The second kappa shape index (κ2) is 30.7. The van der Waals surface area contributed by atoms with Gasteiger partial charge in [-0.2, -0.15) is 0 Å². The summed E-state index contributed by atoms with van der Waals surface area (Å²) in [5.41, 5.74) is 12.5. The molecule has 25 rings (SSSR count). The van der Waals surface area contributed by atoms with Crippen LogP contribution in [0.2, 0.25) is 0 Å². The van der Waals surface area contributed by atoms with Crippen LogP contribution in [0.4, 0.5) is 101 Å². The van der Waals surface area contributed by atoms with Crippen molar-refractivity contribution < 1.29 is 143 Å². The van der Waals surface area contributed by atoms with E-state index in [4.69, 9.17) is 24.1 Å². The topological polar surface area (TPSA) is 72.7 Å². The van der Waals surface area contributed by atoms with Gasteiger partial charge in [0.2, 0.25) is 0 Å². The Morgan fingerprint density at radius 3 is 0.792 bits per heavy atom. The first-order valence-corrected chi connectivity index (χ1v) is 37.6. The van der Waals surface area contributed by atoms with Crippen LogP contribution in [-0.2, 0) is 42.1 Å². The normalized spacial score (nSPS) is 15.7. The van der Waals surface area contributed by atoms with Gasteiger partial charge in [0, 0.05) is 83.3 Å². The molecule has 12 bridgehead atoms. The third-order valence-electron chi connectivity index (χ3n) is 12.9. The SMILES string of the molecule is F[P-](F)(F)(F)(F)F.F[P-](F)(F)(F)(F)F.F[P-](F)(F)(F)(F)F.F[P-](F)(F)(F)(F)F.OCCCc1ccc(OCCOCCOCCOc2ccc(C3C=CC=CC=C3)cc2)cc1.c1cc2ccc1C[n+]1ccc(cc1)-c1cc[n+](cc1)Cc1ccc(cc1)C[n+]1ccc(cc1)-c1cc[n+](cc1)C2. The minimum atomic E-state index is -10.7. The van der Waals surface area contributed by atoms with Crippen molar-refractivity contribution in [3.05, 3.63) is 265 Å². The zero-order chi connectivity index (χ0) is 75.3. The van der Waals surface area contributed by atoms with Crippen LogP contribution in [0, 0.1) is 0 Å². The Morgan fingerprint density at radius 1 is 0.307 bits per heavy atom. The van der Waals surface area contributed by atoms with Crippen LogP contribution in [0.1, 0.15) is 45.7 Å². The van der Waals surface area contributed by atoms with Crippen molar-refractivity contribution in [1.82, 2.24) is 0 Å². The minimum absolute atomic E-state index is 0.217. The van der Waals surface area contributed by atoms with E-state index >= 15 is 0 Å². The fourth-order valence-electron chi connectivity index (χ4n) is 8.73. The minimum Gasteiger partial charge on any atom is -0.491 e. The number of hydrogen-bond acceptors (Lipinski definition) is 5. The molecule has 37 heteroatoms. The van der Waals surface area contributed by atoms with E-state index in [1.165, 1.54) is 55.6 Å². The van der Waals surface area contributed by atoms with Gasteiger partial charge < -0.3 is 24.1 Å². The van der Waals surface area contributed by atoms with Crippen molar-refractivity contribution in [3.8, 4) is 33.8 Å². The summed E-state index contributed by atoms with van der Waals surface area (Å²) in [5, 5.41) is 8.87. The van der Waals surface area contributed by atoms with Crippen molar-refractivity contribution in [1.29, 1.82) is 0 Å². The number of aryl methyl sites for hydroxylation is 1. The molecule has 0 saturated heterocycles. The summed E-state index contributed by atoms with van der Waals surface area (Å²) >= 11 is 0. The number of allylic oxidation sites excluding steroid dienone is 6. The van der Waals surface area contributed by atoms with E-state index in [9.17, 15) is 101 Å². The predicted molar refractivity (Wildman–Crippen MR) is 339 cm³/mol. The molecule has 0 saturated carbocycles. The van der Waals surface area contributed by atoms with E-state index in [0.29, 0.717) is 45.6 Å². The number of ether oxygens (including phenoxy) is 4. The van der Waals surface area contributed by atoms with Gasteiger partial charge in [-0.15, -0.1) is 0 Å². The quantitative estimate of drug-likeness (QED) is 0.0479. The van der Waals surface area contributed by atoms with Gasteiger partial charge in [-0.25, -0.2) is 18.3 Å². The van der Waals surface area contributed by atoms with Crippen LogP contribution in [0.5, 0.6) is 11.5 Å². The van der Waals surface area contributed by atoms with Crippen LogP contribution < -0.4 is 27.7 Å². The van der Waals surface area contributed by atoms with Crippen LogP contribution >= 0.6 is 31.2 Å². The fraction of sp³-hybridized carbons (Fsp3) is 0.219. The molecule has 101 heavy (non-hydrogen) atoms. The summed E-state index contributed by atoms with van der Waals surface area (Å²) < 4.78 is 268. The summed E-state index contributed by atoms with van der Waals surface area (Å²) in [5.74, 6) is 1.97. The molecule has 560 valence electrons. The van der Waals surface area contributed by atoms with Crippen LogP contribution in [-0.4, -0.2) is 51.4 Å². The van der Waals surface area contributed by atoms with Crippen molar-refractivity contribution in [3.63, 3.8) is 0 Å². The molecule has 0 radical (unpaired) electrons. The maximum absolute atomic E-state index is 10.7. The van der Waals surface area contributed by atoms with Gasteiger partial charge in [-0.3, -0.25) is 0 Å². The summed E-state index contributed by atoms with van der Waals surface area (Å²) in [4.78, 5) is 0. The molecule has 4 aromatic heterocycles. The smallest absolute Gasteiger partial charge is 0.173 e. The van der Waals surface area contributed by atoms with Gasteiger partial charge in [0.05, 0.1) is 26.4 Å². The Morgan fingerprint density at radius 2 is 0.545 bits per heavy atom. The van der Waals surface area contributed by atoms with Gasteiger partial charge in [0.1, 0.15) is 24.7 Å². The molecule has 1 aliphatic carbocycles. The summed E-state index contributed by atoms with van der Waals surface area (Å²) in [6.45, 7) is 6.72. The largest absolute Gasteiger partial charge is 0.491 e. The van der Waals surface area contributed by atoms with E-state index < -0.39 is 31.2 Å². The predicted octanol–water partition coefficient (Wildman–Crippen LogP) is 23.1.